The number of anilines is 2. The average molecular weight is 415 g/mol. The van der Waals surface area contributed by atoms with Gasteiger partial charge in [0.15, 0.2) is 0 Å². The Bertz CT molecular complexity index is 895. The summed E-state index contributed by atoms with van der Waals surface area (Å²) in [7, 11) is 0. The fourth-order valence-electron chi connectivity index (χ4n) is 2.50. The first kappa shape index (κ1) is 22.9. The number of hydrogen-bond acceptors (Lipinski definition) is 4. The van der Waals surface area contributed by atoms with Gasteiger partial charge in [-0.1, -0.05) is 30.3 Å². The Morgan fingerprint density at radius 3 is 2.33 bits per heavy atom. The number of carbonyl (C=O) groups excluding carboxylic acids is 3. The summed E-state index contributed by atoms with van der Waals surface area (Å²) in [6, 6.07) is 13.1. The van der Waals surface area contributed by atoms with E-state index < -0.39 is 17.5 Å². The molecular formula is C22H26FN3O4. The molecule has 0 spiro atoms. The fourth-order valence-corrected chi connectivity index (χ4v) is 2.50. The van der Waals surface area contributed by atoms with Gasteiger partial charge in [-0.15, -0.1) is 0 Å². The summed E-state index contributed by atoms with van der Waals surface area (Å²) in [5, 5.41) is 7.61. The van der Waals surface area contributed by atoms with Gasteiger partial charge in [0.25, 0.3) is 0 Å². The predicted octanol–water partition coefficient (Wildman–Crippen LogP) is 3.86. The standard InChI is InChI=1S/C22H26FN3O4/c1-22(2,3)30-21(29)26-18-14-16(9-10-17(18)23)25-19(27)11-12-24-20(28)13-15-7-5-4-6-8-15/h4-10,14H,11-13H2,1-3H3,(H,24,28)(H,25,27)(H,26,29). The first-order valence-corrected chi connectivity index (χ1v) is 9.52. The molecule has 2 aromatic carbocycles. The molecule has 0 fully saturated rings. The third kappa shape index (κ3) is 8.30. The van der Waals surface area contributed by atoms with Crippen molar-refractivity contribution in [3.8, 4) is 0 Å². The highest BCUT2D eigenvalue weighted by Crippen LogP contribution is 2.21. The maximum atomic E-state index is 13.9. The molecule has 7 nitrogen and oxygen atoms in total. The maximum absolute atomic E-state index is 13.9. The van der Waals surface area contributed by atoms with Crippen LogP contribution in [0.1, 0.15) is 32.8 Å². The second-order valence-electron chi connectivity index (χ2n) is 7.63. The third-order valence-electron chi connectivity index (χ3n) is 3.77. The van der Waals surface area contributed by atoms with Crippen molar-refractivity contribution >= 4 is 29.3 Å². The van der Waals surface area contributed by atoms with Gasteiger partial charge in [0.1, 0.15) is 11.4 Å². The third-order valence-corrected chi connectivity index (χ3v) is 3.77. The first-order chi connectivity index (χ1) is 14.1. The molecule has 0 saturated carbocycles. The maximum Gasteiger partial charge on any atom is 0.412 e. The molecule has 160 valence electrons. The van der Waals surface area contributed by atoms with Crippen LogP contribution in [0.2, 0.25) is 0 Å². The summed E-state index contributed by atoms with van der Waals surface area (Å²) >= 11 is 0. The van der Waals surface area contributed by atoms with E-state index in [-0.39, 0.29) is 36.9 Å². The van der Waals surface area contributed by atoms with Crippen molar-refractivity contribution in [1.82, 2.24) is 5.32 Å². The summed E-state index contributed by atoms with van der Waals surface area (Å²) in [5.41, 5.74) is 0.356. The van der Waals surface area contributed by atoms with Crippen LogP contribution in [0.5, 0.6) is 0 Å². The molecule has 0 saturated heterocycles. The Hall–Kier alpha value is -3.42. The second kappa shape index (κ2) is 10.4. The summed E-state index contributed by atoms with van der Waals surface area (Å²) in [6.45, 7) is 5.25. The van der Waals surface area contributed by atoms with Gasteiger partial charge in [-0.2, -0.15) is 0 Å². The van der Waals surface area contributed by atoms with Crippen LogP contribution in [0.3, 0.4) is 0 Å². The number of hydrogen-bond donors (Lipinski definition) is 3. The normalized spacial score (nSPS) is 10.8. The highest BCUT2D eigenvalue weighted by molar-refractivity contribution is 5.93. The molecule has 2 rings (SSSR count). The van der Waals surface area contributed by atoms with Gasteiger partial charge in [-0.3, -0.25) is 14.9 Å². The van der Waals surface area contributed by atoms with Crippen molar-refractivity contribution in [2.24, 2.45) is 0 Å². The molecule has 0 aliphatic carbocycles. The van der Waals surface area contributed by atoms with E-state index in [1.807, 2.05) is 30.3 Å². The van der Waals surface area contributed by atoms with Crippen LogP contribution in [-0.2, 0) is 20.7 Å². The smallest absolute Gasteiger partial charge is 0.412 e. The molecule has 3 N–H and O–H groups in total. The Kier molecular flexibility index (Phi) is 7.91. The van der Waals surface area contributed by atoms with Gasteiger partial charge in [0.05, 0.1) is 12.1 Å². The Morgan fingerprint density at radius 1 is 0.967 bits per heavy atom. The molecular weight excluding hydrogens is 389 g/mol. The van der Waals surface area contributed by atoms with E-state index in [0.717, 1.165) is 11.6 Å². The zero-order chi connectivity index (χ0) is 22.1. The molecule has 0 bridgehead atoms. The van der Waals surface area contributed by atoms with Crippen molar-refractivity contribution in [3.05, 3.63) is 59.9 Å². The SMILES string of the molecule is CC(C)(C)OC(=O)Nc1cc(NC(=O)CCNC(=O)Cc2ccccc2)ccc1F. The quantitative estimate of drug-likeness (QED) is 0.640. The lowest BCUT2D eigenvalue weighted by molar-refractivity contribution is -0.120. The molecule has 3 amide bonds. The molecule has 0 atom stereocenters. The number of ether oxygens (including phenoxy) is 1. The molecule has 0 aliphatic heterocycles. The number of halogens is 1. The molecule has 0 unspecified atom stereocenters. The zero-order valence-electron chi connectivity index (χ0n) is 17.3. The van der Waals surface area contributed by atoms with Crippen LogP contribution in [0.15, 0.2) is 48.5 Å². The summed E-state index contributed by atoms with van der Waals surface area (Å²) in [6.07, 6.45) is -0.515. The minimum atomic E-state index is -0.800. The van der Waals surface area contributed by atoms with E-state index >= 15 is 0 Å². The number of nitrogens with one attached hydrogen (secondary N) is 3. The summed E-state index contributed by atoms with van der Waals surface area (Å²) < 4.78 is 19.0. The van der Waals surface area contributed by atoms with E-state index in [2.05, 4.69) is 16.0 Å². The van der Waals surface area contributed by atoms with E-state index in [9.17, 15) is 18.8 Å². The van der Waals surface area contributed by atoms with Crippen LogP contribution in [0.4, 0.5) is 20.6 Å². The van der Waals surface area contributed by atoms with E-state index in [1.165, 1.54) is 12.1 Å². The van der Waals surface area contributed by atoms with Gasteiger partial charge in [0.2, 0.25) is 11.8 Å². The highest BCUT2D eigenvalue weighted by atomic mass is 19.1. The second-order valence-corrected chi connectivity index (χ2v) is 7.63. The largest absolute Gasteiger partial charge is 0.444 e. The lowest BCUT2D eigenvalue weighted by Crippen LogP contribution is -2.29. The van der Waals surface area contributed by atoms with Gasteiger partial charge in [-0.05, 0) is 44.5 Å². The molecule has 2 aromatic rings. The summed E-state index contributed by atoms with van der Waals surface area (Å²) in [4.78, 5) is 35.8. The number of carbonyl (C=O) groups is 3. The first-order valence-electron chi connectivity index (χ1n) is 9.52. The molecule has 30 heavy (non-hydrogen) atoms. The van der Waals surface area contributed by atoms with Crippen LogP contribution in [0, 0.1) is 5.82 Å². The minimum absolute atomic E-state index is 0.0483. The fraction of sp³-hybridized carbons (Fsp3) is 0.318. The van der Waals surface area contributed by atoms with Crippen LogP contribution >= 0.6 is 0 Å². The Morgan fingerprint density at radius 2 is 1.67 bits per heavy atom. The molecule has 0 aromatic heterocycles. The van der Waals surface area contributed by atoms with E-state index in [1.54, 1.807) is 20.8 Å². The van der Waals surface area contributed by atoms with Gasteiger partial charge < -0.3 is 15.4 Å². The van der Waals surface area contributed by atoms with Gasteiger partial charge >= 0.3 is 6.09 Å². The van der Waals surface area contributed by atoms with Crippen molar-refractivity contribution in [3.63, 3.8) is 0 Å². The van der Waals surface area contributed by atoms with E-state index in [4.69, 9.17) is 4.74 Å². The van der Waals surface area contributed by atoms with Crippen molar-refractivity contribution in [2.45, 2.75) is 39.2 Å². The molecule has 0 radical (unpaired) electrons. The van der Waals surface area contributed by atoms with Crippen molar-refractivity contribution in [2.75, 3.05) is 17.2 Å². The Balaban J connectivity index is 1.82. The number of benzene rings is 2. The predicted molar refractivity (Wildman–Crippen MR) is 113 cm³/mol. The highest BCUT2D eigenvalue weighted by Gasteiger charge is 2.17. The molecule has 8 heteroatoms. The van der Waals surface area contributed by atoms with Crippen LogP contribution in [-0.4, -0.2) is 30.1 Å². The molecule has 0 aliphatic rings. The minimum Gasteiger partial charge on any atom is -0.444 e. The summed E-state index contributed by atoms with van der Waals surface area (Å²) in [5.74, 6) is -1.20. The average Bonchev–Trinajstić information content (AvgIpc) is 2.63. The lowest BCUT2D eigenvalue weighted by atomic mass is 10.1. The Labute approximate surface area is 175 Å². The van der Waals surface area contributed by atoms with Gasteiger partial charge in [0, 0.05) is 18.7 Å². The molecule has 0 heterocycles. The van der Waals surface area contributed by atoms with Crippen LogP contribution < -0.4 is 16.0 Å². The van der Waals surface area contributed by atoms with Crippen molar-refractivity contribution in [1.29, 1.82) is 0 Å². The zero-order valence-corrected chi connectivity index (χ0v) is 17.3. The number of amides is 3. The topological polar surface area (TPSA) is 96.5 Å². The lowest BCUT2D eigenvalue weighted by Gasteiger charge is -2.20. The van der Waals surface area contributed by atoms with Crippen LogP contribution in [0.25, 0.3) is 0 Å². The van der Waals surface area contributed by atoms with E-state index in [0.29, 0.717) is 5.69 Å². The monoisotopic (exact) mass is 415 g/mol. The number of rotatable bonds is 7. The van der Waals surface area contributed by atoms with Gasteiger partial charge in [-0.25, -0.2) is 9.18 Å². The van der Waals surface area contributed by atoms with Crippen molar-refractivity contribution < 1.29 is 23.5 Å².